The van der Waals surface area contributed by atoms with Crippen LogP contribution >= 0.6 is 0 Å². The first-order valence-electron chi connectivity index (χ1n) is 9.81. The van der Waals surface area contributed by atoms with Crippen LogP contribution in [0.1, 0.15) is 43.5 Å². The van der Waals surface area contributed by atoms with E-state index in [1.54, 1.807) is 0 Å². The zero-order valence-electron chi connectivity index (χ0n) is 18.5. The van der Waals surface area contributed by atoms with Gasteiger partial charge in [-0.05, 0) is 6.42 Å². The quantitative estimate of drug-likeness (QED) is 0.816. The summed E-state index contributed by atoms with van der Waals surface area (Å²) >= 11 is 0. The minimum atomic E-state index is -2.65. The molecule has 104 valence electrons. The highest BCUT2D eigenvalue weighted by molar-refractivity contribution is 5.69. The van der Waals surface area contributed by atoms with Gasteiger partial charge in [0.25, 0.3) is 5.56 Å². The number of aromatic nitrogens is 4. The highest BCUT2D eigenvalue weighted by Crippen LogP contribution is 2.04. The van der Waals surface area contributed by atoms with E-state index in [2.05, 4.69) is 4.98 Å². The summed E-state index contributed by atoms with van der Waals surface area (Å²) in [6.45, 7) is -5.25. The molecule has 0 aliphatic carbocycles. The molecule has 6 heteroatoms. The summed E-state index contributed by atoms with van der Waals surface area (Å²) in [5.41, 5.74) is -1.85. The molecule has 2 heterocycles. The Bertz CT molecular complexity index is 951. The molecule has 2 aromatic heterocycles. The van der Waals surface area contributed by atoms with Crippen LogP contribution in [0.3, 0.4) is 0 Å². The number of nitrogens with zero attached hydrogens (tertiary/aromatic N) is 4. The number of aryl methyl sites for hydroxylation is 2. The van der Waals surface area contributed by atoms with Gasteiger partial charge in [-0.3, -0.25) is 13.9 Å². The van der Waals surface area contributed by atoms with E-state index in [0.29, 0.717) is 4.57 Å². The molecular weight excluding hydrogens is 244 g/mol. The minimum absolute atomic E-state index is 0.0334. The van der Waals surface area contributed by atoms with Crippen LogP contribution in [-0.2, 0) is 20.6 Å². The highest BCUT2D eigenvalue weighted by atomic mass is 16.2. The van der Waals surface area contributed by atoms with Crippen molar-refractivity contribution in [3.63, 3.8) is 0 Å². The van der Waals surface area contributed by atoms with Crippen molar-refractivity contribution in [2.45, 2.75) is 39.0 Å². The predicted octanol–water partition coefficient (Wildman–Crippen LogP) is 1.01. The smallest absolute Gasteiger partial charge is 0.328 e. The summed E-state index contributed by atoms with van der Waals surface area (Å²) in [7, 11) is 1.35. The third-order valence-electron chi connectivity index (χ3n) is 2.89. The van der Waals surface area contributed by atoms with E-state index < -0.39 is 37.9 Å². The van der Waals surface area contributed by atoms with E-state index >= 15 is 0 Å². The second-order valence-electron chi connectivity index (χ2n) is 4.12. The highest BCUT2D eigenvalue weighted by Gasteiger charge is 2.14. The fourth-order valence-electron chi connectivity index (χ4n) is 1.92. The molecule has 0 N–H and O–H groups in total. The molecule has 0 saturated carbocycles. The van der Waals surface area contributed by atoms with Gasteiger partial charge in [0.2, 0.25) is 0 Å². The molecule has 0 atom stereocenters. The second kappa shape index (κ2) is 5.42. The van der Waals surface area contributed by atoms with Crippen molar-refractivity contribution in [3.05, 3.63) is 27.2 Å². The number of fused-ring (bicyclic) bond motifs is 1. The Kier molecular flexibility index (Phi) is 1.87. The van der Waals surface area contributed by atoms with Crippen molar-refractivity contribution in [3.8, 4) is 0 Å². The molecule has 0 amide bonds. The number of hydrogen-bond acceptors (Lipinski definition) is 3. The van der Waals surface area contributed by atoms with Gasteiger partial charge in [0.05, 0.1) is 6.33 Å². The van der Waals surface area contributed by atoms with Crippen LogP contribution in [0.15, 0.2) is 15.9 Å². The molecule has 0 aliphatic rings. The fraction of sp³-hybridized carbons (Fsp3) is 0.615. The first-order valence-corrected chi connectivity index (χ1v) is 5.81. The Balaban J connectivity index is 2.37. The molecule has 0 saturated heterocycles. The lowest BCUT2D eigenvalue weighted by Gasteiger charge is -2.08. The molecule has 0 aliphatic heterocycles. The van der Waals surface area contributed by atoms with Crippen LogP contribution in [0.2, 0.25) is 0 Å². The van der Waals surface area contributed by atoms with E-state index in [4.69, 9.17) is 11.0 Å². The van der Waals surface area contributed by atoms with Crippen LogP contribution < -0.4 is 11.2 Å². The Labute approximate surface area is 122 Å². The van der Waals surface area contributed by atoms with Gasteiger partial charge in [0, 0.05) is 31.5 Å². The molecule has 2 aromatic rings. The standard InChI is InChI=1S/C13H20N4O2/c1-4-5-6-7-8-17-12(18)10-11(14-9-15(10)2)16(3)13(17)19/h9H,4-8H2,1-3H3/i1D3,2D3,5D2. The van der Waals surface area contributed by atoms with E-state index in [9.17, 15) is 9.59 Å². The Morgan fingerprint density at radius 2 is 2.26 bits per heavy atom. The number of rotatable bonds is 5. The van der Waals surface area contributed by atoms with Crippen LogP contribution in [0, 0.1) is 0 Å². The average molecular weight is 272 g/mol. The van der Waals surface area contributed by atoms with E-state index in [1.807, 2.05) is 0 Å². The van der Waals surface area contributed by atoms with Gasteiger partial charge in [-0.2, -0.15) is 0 Å². The largest absolute Gasteiger partial charge is 0.332 e. The Morgan fingerprint density at radius 1 is 1.42 bits per heavy atom. The van der Waals surface area contributed by atoms with Gasteiger partial charge in [-0.15, -0.1) is 0 Å². The van der Waals surface area contributed by atoms with Crippen molar-refractivity contribution in [1.29, 1.82) is 0 Å². The van der Waals surface area contributed by atoms with E-state index in [0.717, 1.165) is 15.5 Å². The number of hydrogen-bond donors (Lipinski definition) is 0. The summed E-state index contributed by atoms with van der Waals surface area (Å²) in [6, 6.07) is 0. The minimum Gasteiger partial charge on any atom is -0.328 e. The SMILES string of the molecule is [2H]C([2H])([2H])CC([2H])([2H])CCCn1c(=O)c2c(ncn2C([2H])([2H])[2H])n(C)c1=O. The lowest BCUT2D eigenvalue weighted by Crippen LogP contribution is -2.39. The summed E-state index contributed by atoms with van der Waals surface area (Å²) in [5, 5.41) is 0. The van der Waals surface area contributed by atoms with Crippen LogP contribution in [0.4, 0.5) is 0 Å². The number of imidazole rings is 1. The summed E-state index contributed by atoms with van der Waals surface area (Å²) in [4.78, 5) is 28.9. The van der Waals surface area contributed by atoms with Gasteiger partial charge in [-0.1, -0.05) is 26.1 Å². The Morgan fingerprint density at radius 3 is 3.00 bits per heavy atom. The Hall–Kier alpha value is -1.85. The van der Waals surface area contributed by atoms with Crippen molar-refractivity contribution < 1.29 is 11.0 Å². The second-order valence-corrected chi connectivity index (χ2v) is 4.12. The lowest BCUT2D eigenvalue weighted by molar-refractivity contribution is 0.539. The molecule has 0 aromatic carbocycles. The summed E-state index contributed by atoms with van der Waals surface area (Å²) in [6.07, 6.45) is -1.79. The van der Waals surface area contributed by atoms with Crippen molar-refractivity contribution >= 4 is 11.2 Å². The van der Waals surface area contributed by atoms with Gasteiger partial charge in [0.15, 0.2) is 11.2 Å². The first kappa shape index (κ1) is 6.54. The zero-order chi connectivity index (χ0) is 20.8. The molecular formula is C13H20N4O2. The maximum Gasteiger partial charge on any atom is 0.332 e. The topological polar surface area (TPSA) is 61.8 Å². The zero-order valence-corrected chi connectivity index (χ0v) is 10.5. The van der Waals surface area contributed by atoms with Gasteiger partial charge in [0.1, 0.15) is 0 Å². The summed E-state index contributed by atoms with van der Waals surface area (Å²) < 4.78 is 62.1. The van der Waals surface area contributed by atoms with Crippen LogP contribution in [-0.4, -0.2) is 18.7 Å². The van der Waals surface area contributed by atoms with Crippen molar-refractivity contribution in [2.75, 3.05) is 0 Å². The predicted molar refractivity (Wildman–Crippen MR) is 74.4 cm³/mol. The normalized spacial score (nSPS) is 19.6. The molecule has 6 nitrogen and oxygen atoms in total. The van der Waals surface area contributed by atoms with Gasteiger partial charge < -0.3 is 4.57 Å². The molecule has 19 heavy (non-hydrogen) atoms. The lowest BCUT2D eigenvalue weighted by atomic mass is 10.2. The first-order chi connectivity index (χ1) is 12.1. The van der Waals surface area contributed by atoms with Gasteiger partial charge >= 0.3 is 5.69 Å². The monoisotopic (exact) mass is 272 g/mol. The molecule has 0 fully saturated rings. The molecule has 0 unspecified atom stereocenters. The maximum absolute atomic E-state index is 12.7. The average Bonchev–Trinajstić information content (AvgIpc) is 2.91. The third kappa shape index (κ3) is 2.34. The molecule has 2 rings (SSSR count). The molecule has 0 radical (unpaired) electrons. The van der Waals surface area contributed by atoms with Crippen LogP contribution in [0.5, 0.6) is 0 Å². The van der Waals surface area contributed by atoms with E-state index in [-0.39, 0.29) is 30.6 Å². The van der Waals surface area contributed by atoms with Gasteiger partial charge in [-0.25, -0.2) is 9.78 Å². The van der Waals surface area contributed by atoms with Crippen molar-refractivity contribution in [2.24, 2.45) is 14.0 Å². The fourth-order valence-corrected chi connectivity index (χ4v) is 1.92. The molecule has 0 bridgehead atoms. The van der Waals surface area contributed by atoms with Crippen LogP contribution in [0.25, 0.3) is 11.2 Å². The third-order valence-corrected chi connectivity index (χ3v) is 2.89. The molecule has 0 spiro atoms. The van der Waals surface area contributed by atoms with E-state index in [1.165, 1.54) is 7.05 Å². The van der Waals surface area contributed by atoms with Crippen molar-refractivity contribution in [1.82, 2.24) is 18.7 Å². The summed E-state index contributed by atoms with van der Waals surface area (Å²) in [5.74, 6) is 0. The maximum atomic E-state index is 12.7.